The average Bonchev–Trinajstić information content (AvgIpc) is 3.26. The van der Waals surface area contributed by atoms with Crippen molar-refractivity contribution >= 4 is 33.1 Å². The van der Waals surface area contributed by atoms with Crippen LogP contribution in [0.25, 0.3) is 15.9 Å². The largest absolute Gasteiger partial charge is 0.391 e. The van der Waals surface area contributed by atoms with Crippen LogP contribution in [0.1, 0.15) is 36.1 Å². The molecule has 0 amide bonds. The summed E-state index contributed by atoms with van der Waals surface area (Å²) in [7, 11) is 0. The van der Waals surface area contributed by atoms with Gasteiger partial charge in [0, 0.05) is 4.88 Å². The number of quaternary nitrogens is 1. The molecule has 1 fully saturated rings. The van der Waals surface area contributed by atoms with E-state index >= 15 is 0 Å². The number of thiophene rings is 1. The molecule has 1 aliphatic carbocycles. The van der Waals surface area contributed by atoms with Crippen LogP contribution in [0, 0.1) is 0 Å². The number of aliphatic hydroxyl groups is 1. The molecule has 0 bridgehead atoms. The van der Waals surface area contributed by atoms with Crippen molar-refractivity contribution in [2.45, 2.75) is 32.1 Å². The van der Waals surface area contributed by atoms with Gasteiger partial charge in [-0.05, 0) is 30.7 Å². The summed E-state index contributed by atoms with van der Waals surface area (Å²) in [5.74, 6) is 1.49. The van der Waals surface area contributed by atoms with Gasteiger partial charge in [-0.1, -0.05) is 6.92 Å². The molecule has 7 nitrogen and oxygen atoms in total. The highest BCUT2D eigenvalue weighted by Crippen LogP contribution is 2.43. The number of aromatic nitrogens is 4. The Morgan fingerprint density at radius 2 is 2.19 bits per heavy atom. The molecule has 1 atom stereocenters. The van der Waals surface area contributed by atoms with Crippen LogP contribution in [0.5, 0.6) is 0 Å². The maximum Gasteiger partial charge on any atom is 0.230 e. The molecule has 2 aliphatic rings. The summed E-state index contributed by atoms with van der Waals surface area (Å²) in [6.07, 6.45) is 5.34. The van der Waals surface area contributed by atoms with Crippen molar-refractivity contribution in [1.29, 1.82) is 0 Å². The van der Waals surface area contributed by atoms with E-state index in [2.05, 4.69) is 21.9 Å². The van der Waals surface area contributed by atoms with Crippen LogP contribution in [-0.4, -0.2) is 64.0 Å². The molecule has 4 heterocycles. The number of piperazine rings is 1. The lowest BCUT2D eigenvalue weighted by Crippen LogP contribution is -3.15. The van der Waals surface area contributed by atoms with Gasteiger partial charge < -0.3 is 14.9 Å². The van der Waals surface area contributed by atoms with Crippen molar-refractivity contribution in [2.24, 2.45) is 0 Å². The summed E-state index contributed by atoms with van der Waals surface area (Å²) >= 11 is 1.85. The molecule has 0 aromatic carbocycles. The predicted molar refractivity (Wildman–Crippen MR) is 102 cm³/mol. The summed E-state index contributed by atoms with van der Waals surface area (Å²) in [5.41, 5.74) is 2.42. The van der Waals surface area contributed by atoms with Crippen molar-refractivity contribution in [3.05, 3.63) is 16.8 Å². The standard InChI is InChI=1S/C18H24N6OS/c1-12-3-2-4-13-14(12)15-16-19-11-20-24(16)18(21-17(15)26-13)23-7-5-22(6-8-23)9-10-25/h11-12,25H,2-10H2,1H3/p+1/t12-/m0/s1. The molecule has 1 saturated heterocycles. The molecule has 0 unspecified atom stereocenters. The normalized spacial score (nSPS) is 21.6. The van der Waals surface area contributed by atoms with Crippen LogP contribution >= 0.6 is 11.3 Å². The van der Waals surface area contributed by atoms with E-state index in [0.717, 1.165) is 49.1 Å². The van der Waals surface area contributed by atoms with Gasteiger partial charge in [0.2, 0.25) is 5.95 Å². The van der Waals surface area contributed by atoms with Gasteiger partial charge in [0.25, 0.3) is 0 Å². The van der Waals surface area contributed by atoms with E-state index < -0.39 is 0 Å². The summed E-state index contributed by atoms with van der Waals surface area (Å²) in [6, 6.07) is 0. The number of hydrogen-bond donors (Lipinski definition) is 2. The van der Waals surface area contributed by atoms with E-state index in [1.54, 1.807) is 6.33 Å². The third-order valence-electron chi connectivity index (χ3n) is 5.92. The lowest BCUT2D eigenvalue weighted by molar-refractivity contribution is -0.900. The van der Waals surface area contributed by atoms with Gasteiger partial charge in [0.1, 0.15) is 17.7 Å². The van der Waals surface area contributed by atoms with Crippen LogP contribution in [0.4, 0.5) is 5.95 Å². The number of aryl methyl sites for hydroxylation is 1. The smallest absolute Gasteiger partial charge is 0.230 e. The highest BCUT2D eigenvalue weighted by Gasteiger charge is 2.28. The Morgan fingerprint density at radius 1 is 1.35 bits per heavy atom. The molecule has 26 heavy (non-hydrogen) atoms. The number of fused-ring (bicyclic) bond motifs is 5. The number of hydrogen-bond acceptors (Lipinski definition) is 6. The Morgan fingerprint density at radius 3 is 3.00 bits per heavy atom. The van der Waals surface area contributed by atoms with Crippen LogP contribution < -0.4 is 9.80 Å². The molecular formula is C18H25N6OS+. The third kappa shape index (κ3) is 2.51. The Kier molecular flexibility index (Phi) is 4.06. The maximum absolute atomic E-state index is 9.17. The Balaban J connectivity index is 1.60. The molecule has 8 heteroatoms. The summed E-state index contributed by atoms with van der Waals surface area (Å²) in [4.78, 5) is 16.1. The fraction of sp³-hybridized carbons (Fsp3) is 0.611. The van der Waals surface area contributed by atoms with Gasteiger partial charge >= 0.3 is 0 Å². The molecule has 0 saturated carbocycles. The summed E-state index contributed by atoms with van der Waals surface area (Å²) in [5, 5.41) is 14.9. The molecule has 2 N–H and O–H groups in total. The Bertz CT molecular complexity index is 942. The van der Waals surface area contributed by atoms with Crippen molar-refractivity contribution in [2.75, 3.05) is 44.2 Å². The van der Waals surface area contributed by atoms with Gasteiger partial charge in [0.05, 0.1) is 38.2 Å². The van der Waals surface area contributed by atoms with Crippen LogP contribution in [0.15, 0.2) is 6.33 Å². The van der Waals surface area contributed by atoms with Gasteiger partial charge in [-0.3, -0.25) is 0 Å². The monoisotopic (exact) mass is 373 g/mol. The minimum atomic E-state index is 0.256. The van der Waals surface area contributed by atoms with E-state index in [9.17, 15) is 0 Å². The van der Waals surface area contributed by atoms with Gasteiger partial charge in [-0.15, -0.1) is 11.3 Å². The van der Waals surface area contributed by atoms with E-state index in [1.165, 1.54) is 40.0 Å². The molecule has 138 valence electrons. The van der Waals surface area contributed by atoms with E-state index in [1.807, 2.05) is 15.9 Å². The van der Waals surface area contributed by atoms with Gasteiger partial charge in [-0.25, -0.2) is 9.97 Å². The second-order valence-electron chi connectivity index (χ2n) is 7.53. The van der Waals surface area contributed by atoms with Crippen LogP contribution in [0.2, 0.25) is 0 Å². The number of aliphatic hydroxyl groups excluding tert-OH is 1. The SMILES string of the molecule is C[C@H]1CCCc2sc3nc(N4CC[NH+](CCO)CC4)n4ncnc4c3c21. The second kappa shape index (κ2) is 6.44. The zero-order chi connectivity index (χ0) is 17.7. The average molecular weight is 374 g/mol. The Labute approximate surface area is 156 Å². The maximum atomic E-state index is 9.17. The van der Waals surface area contributed by atoms with Crippen molar-refractivity contribution in [3.63, 3.8) is 0 Å². The molecule has 0 spiro atoms. The van der Waals surface area contributed by atoms with Crippen LogP contribution in [-0.2, 0) is 6.42 Å². The molecule has 5 rings (SSSR count). The highest BCUT2D eigenvalue weighted by molar-refractivity contribution is 7.19. The first-order valence-corrected chi connectivity index (χ1v) is 10.4. The number of anilines is 1. The third-order valence-corrected chi connectivity index (χ3v) is 7.08. The minimum absolute atomic E-state index is 0.256. The summed E-state index contributed by atoms with van der Waals surface area (Å²) in [6.45, 7) is 7.33. The zero-order valence-corrected chi connectivity index (χ0v) is 15.9. The molecule has 3 aromatic heterocycles. The van der Waals surface area contributed by atoms with Crippen molar-refractivity contribution in [1.82, 2.24) is 19.6 Å². The lowest BCUT2D eigenvalue weighted by Gasteiger charge is -2.32. The molecule has 0 radical (unpaired) electrons. The topological polar surface area (TPSA) is 71.0 Å². The van der Waals surface area contributed by atoms with Crippen molar-refractivity contribution in [3.8, 4) is 0 Å². The van der Waals surface area contributed by atoms with E-state index in [0.29, 0.717) is 5.92 Å². The van der Waals surface area contributed by atoms with Crippen LogP contribution in [0.3, 0.4) is 0 Å². The highest BCUT2D eigenvalue weighted by atomic mass is 32.1. The van der Waals surface area contributed by atoms with E-state index in [4.69, 9.17) is 10.1 Å². The fourth-order valence-electron chi connectivity index (χ4n) is 4.52. The first-order chi connectivity index (χ1) is 12.8. The first-order valence-electron chi connectivity index (χ1n) is 9.60. The minimum Gasteiger partial charge on any atom is -0.391 e. The quantitative estimate of drug-likeness (QED) is 0.699. The molecular weight excluding hydrogens is 348 g/mol. The first kappa shape index (κ1) is 16.4. The number of rotatable bonds is 3. The molecule has 3 aromatic rings. The Hall–Kier alpha value is -1.77. The lowest BCUT2D eigenvalue weighted by atomic mass is 9.87. The fourth-order valence-corrected chi connectivity index (χ4v) is 5.85. The second-order valence-corrected chi connectivity index (χ2v) is 8.61. The number of nitrogens with zero attached hydrogens (tertiary/aromatic N) is 5. The number of nitrogens with one attached hydrogen (secondary N) is 1. The zero-order valence-electron chi connectivity index (χ0n) is 15.1. The van der Waals surface area contributed by atoms with Gasteiger partial charge in [-0.2, -0.15) is 9.61 Å². The predicted octanol–water partition coefficient (Wildman–Crippen LogP) is 0.476. The van der Waals surface area contributed by atoms with Gasteiger partial charge in [0.15, 0.2) is 5.65 Å². The van der Waals surface area contributed by atoms with Crippen molar-refractivity contribution < 1.29 is 10.0 Å². The summed E-state index contributed by atoms with van der Waals surface area (Å²) < 4.78 is 1.94. The van der Waals surface area contributed by atoms with E-state index in [-0.39, 0.29) is 6.61 Å². The molecule has 1 aliphatic heterocycles.